The lowest BCUT2D eigenvalue weighted by atomic mass is 10.0. The quantitative estimate of drug-likeness (QED) is 0.156. The molecule has 0 saturated heterocycles. The molecule has 0 radical (unpaired) electrons. The maximum absolute atomic E-state index is 10.7. The third-order valence-electron chi connectivity index (χ3n) is 6.20. The highest BCUT2D eigenvalue weighted by atomic mass is 28.1. The molecule has 1 atom stereocenters. The first-order valence-corrected chi connectivity index (χ1v) is 12.9. The maximum Gasteiger partial charge on any atom is 0.215 e. The highest BCUT2D eigenvalue weighted by Gasteiger charge is 2.47. The Hall–Kier alpha value is 0.0569. The molecule has 0 bridgehead atoms. The number of hydrogen-bond donors (Lipinski definition) is 1. The van der Waals surface area contributed by atoms with E-state index in [0.717, 1.165) is 12.8 Å². The van der Waals surface area contributed by atoms with E-state index in [1.165, 1.54) is 97.0 Å². The van der Waals surface area contributed by atoms with Gasteiger partial charge in [-0.25, -0.2) is 0 Å². The molecule has 28 heavy (non-hydrogen) atoms. The van der Waals surface area contributed by atoms with Crippen LogP contribution in [0, 0.1) is 0 Å². The van der Waals surface area contributed by atoms with Crippen molar-refractivity contribution in [1.29, 1.82) is 0 Å². The molecule has 1 unspecified atom stereocenters. The standard InChI is InChI=1S/C23H50O4Si/c1-5-6-7-8-9-10-11-12-13-14-15-16-17-18-19-20-21-22(24,25-2)23(28,26-3)27-4/h24H,5-21H2,1-4,28H3. The molecule has 5 heteroatoms. The van der Waals surface area contributed by atoms with Gasteiger partial charge in [0.05, 0.1) is 10.2 Å². The summed E-state index contributed by atoms with van der Waals surface area (Å²) in [6.07, 6.45) is 22.0. The first kappa shape index (κ1) is 28.1. The van der Waals surface area contributed by atoms with E-state index in [-0.39, 0.29) is 0 Å². The van der Waals surface area contributed by atoms with E-state index >= 15 is 0 Å². The minimum absolute atomic E-state index is 0.539. The number of unbranched alkanes of at least 4 members (excludes halogenated alkanes) is 15. The summed E-state index contributed by atoms with van der Waals surface area (Å²) < 4.78 is 16.1. The third-order valence-corrected chi connectivity index (χ3v) is 7.79. The molecule has 4 nitrogen and oxygen atoms in total. The summed E-state index contributed by atoms with van der Waals surface area (Å²) in [5.74, 6) is -1.35. The summed E-state index contributed by atoms with van der Waals surface area (Å²) in [5.41, 5.74) is -1.00. The molecule has 0 fully saturated rings. The van der Waals surface area contributed by atoms with Gasteiger partial charge in [0.2, 0.25) is 5.79 Å². The minimum atomic E-state index is -1.35. The van der Waals surface area contributed by atoms with Gasteiger partial charge >= 0.3 is 0 Å². The van der Waals surface area contributed by atoms with Crippen LogP contribution in [-0.2, 0) is 14.2 Å². The summed E-state index contributed by atoms with van der Waals surface area (Å²) in [4.78, 5) is 0. The number of methoxy groups -OCH3 is 3. The highest BCUT2D eigenvalue weighted by Crippen LogP contribution is 2.30. The van der Waals surface area contributed by atoms with E-state index in [0.29, 0.717) is 16.7 Å². The van der Waals surface area contributed by atoms with E-state index in [2.05, 4.69) is 6.92 Å². The maximum atomic E-state index is 10.7. The third kappa shape index (κ3) is 11.9. The zero-order valence-electron chi connectivity index (χ0n) is 19.7. The molecule has 0 aliphatic carbocycles. The first-order valence-electron chi connectivity index (χ1n) is 11.9. The molecule has 0 amide bonds. The van der Waals surface area contributed by atoms with Crippen LogP contribution in [0.1, 0.15) is 116 Å². The van der Waals surface area contributed by atoms with Crippen LogP contribution in [0.3, 0.4) is 0 Å². The predicted octanol–water partition coefficient (Wildman–Crippen LogP) is 5.29. The van der Waals surface area contributed by atoms with Crippen LogP contribution in [-0.4, -0.2) is 47.9 Å². The minimum Gasteiger partial charge on any atom is -0.362 e. The second-order valence-corrected chi connectivity index (χ2v) is 9.71. The molecule has 170 valence electrons. The lowest BCUT2D eigenvalue weighted by molar-refractivity contribution is -0.343. The van der Waals surface area contributed by atoms with Crippen molar-refractivity contribution >= 4 is 10.2 Å². The largest absolute Gasteiger partial charge is 0.362 e. The lowest BCUT2D eigenvalue weighted by Gasteiger charge is -2.41. The Labute approximate surface area is 178 Å². The molecule has 0 rings (SSSR count). The molecular formula is C23H50O4Si. The Morgan fingerprint density at radius 1 is 0.571 bits per heavy atom. The fourth-order valence-corrected chi connectivity index (χ4v) is 4.28. The van der Waals surface area contributed by atoms with Gasteiger partial charge in [-0.3, -0.25) is 0 Å². The summed E-state index contributed by atoms with van der Waals surface area (Å²) in [5, 5.41) is 10.7. The molecule has 0 aromatic rings. The Bertz CT molecular complexity index is 337. The molecule has 0 aliphatic heterocycles. The Balaban J connectivity index is 3.50. The predicted molar refractivity (Wildman–Crippen MR) is 123 cm³/mol. The van der Waals surface area contributed by atoms with Crippen molar-refractivity contribution in [1.82, 2.24) is 0 Å². The number of aliphatic hydroxyl groups is 1. The van der Waals surface area contributed by atoms with Gasteiger partial charge in [-0.15, -0.1) is 0 Å². The van der Waals surface area contributed by atoms with Crippen molar-refractivity contribution in [2.24, 2.45) is 0 Å². The van der Waals surface area contributed by atoms with Gasteiger partial charge in [-0.1, -0.05) is 103 Å². The molecule has 0 aromatic heterocycles. The smallest absolute Gasteiger partial charge is 0.215 e. The molecule has 0 heterocycles. The van der Waals surface area contributed by atoms with E-state index in [1.807, 2.05) is 0 Å². The van der Waals surface area contributed by atoms with Crippen LogP contribution < -0.4 is 0 Å². The van der Waals surface area contributed by atoms with Crippen molar-refractivity contribution < 1.29 is 19.3 Å². The summed E-state index contributed by atoms with van der Waals surface area (Å²) in [7, 11) is 5.19. The monoisotopic (exact) mass is 418 g/mol. The first-order chi connectivity index (χ1) is 13.5. The highest BCUT2D eigenvalue weighted by molar-refractivity contribution is 6.14. The van der Waals surface area contributed by atoms with Crippen LogP contribution in [0.2, 0.25) is 0 Å². The van der Waals surface area contributed by atoms with Crippen molar-refractivity contribution in [2.45, 2.75) is 127 Å². The van der Waals surface area contributed by atoms with Crippen LogP contribution >= 0.6 is 0 Å². The molecule has 0 aliphatic rings. The van der Waals surface area contributed by atoms with Gasteiger partial charge in [0.15, 0.2) is 5.41 Å². The normalized spacial score (nSPS) is 14.5. The van der Waals surface area contributed by atoms with Crippen molar-refractivity contribution in [2.75, 3.05) is 21.3 Å². The van der Waals surface area contributed by atoms with E-state index in [1.54, 1.807) is 14.2 Å². The topological polar surface area (TPSA) is 47.9 Å². The fourth-order valence-electron chi connectivity index (χ4n) is 3.83. The molecule has 0 saturated carbocycles. The average molecular weight is 419 g/mol. The number of hydrogen-bond acceptors (Lipinski definition) is 4. The van der Waals surface area contributed by atoms with E-state index in [4.69, 9.17) is 14.2 Å². The summed E-state index contributed by atoms with van der Waals surface area (Å²) >= 11 is 0. The van der Waals surface area contributed by atoms with Gasteiger partial charge in [0, 0.05) is 27.8 Å². The zero-order chi connectivity index (χ0) is 21.1. The van der Waals surface area contributed by atoms with Crippen LogP contribution in [0.25, 0.3) is 0 Å². The Morgan fingerprint density at radius 3 is 1.18 bits per heavy atom. The van der Waals surface area contributed by atoms with Crippen LogP contribution in [0.15, 0.2) is 0 Å². The average Bonchev–Trinajstić information content (AvgIpc) is 2.72. The van der Waals surface area contributed by atoms with Crippen molar-refractivity contribution in [3.05, 3.63) is 0 Å². The lowest BCUT2D eigenvalue weighted by Crippen LogP contribution is -2.58. The summed E-state index contributed by atoms with van der Waals surface area (Å²) in [6, 6.07) is 0. The van der Waals surface area contributed by atoms with Gasteiger partial charge in [-0.05, 0) is 6.42 Å². The number of rotatable bonds is 21. The number of ether oxygens (including phenoxy) is 3. The Morgan fingerprint density at radius 2 is 0.893 bits per heavy atom. The van der Waals surface area contributed by atoms with Gasteiger partial charge in [-0.2, -0.15) is 0 Å². The fraction of sp³-hybridized carbons (Fsp3) is 1.00. The second kappa shape index (κ2) is 17.9. The van der Waals surface area contributed by atoms with Gasteiger partial charge < -0.3 is 19.3 Å². The van der Waals surface area contributed by atoms with Gasteiger partial charge in [0.25, 0.3) is 0 Å². The molecule has 1 N–H and O–H groups in total. The summed E-state index contributed by atoms with van der Waals surface area (Å²) in [6.45, 7) is 2.28. The van der Waals surface area contributed by atoms with E-state index in [9.17, 15) is 5.11 Å². The molecule has 0 spiro atoms. The van der Waals surface area contributed by atoms with Gasteiger partial charge in [0.1, 0.15) is 0 Å². The van der Waals surface area contributed by atoms with E-state index < -0.39 is 11.2 Å². The van der Waals surface area contributed by atoms with Crippen molar-refractivity contribution in [3.63, 3.8) is 0 Å². The van der Waals surface area contributed by atoms with Crippen LogP contribution in [0.5, 0.6) is 0 Å². The van der Waals surface area contributed by atoms with Crippen LogP contribution in [0.4, 0.5) is 0 Å². The SMILES string of the molecule is CCCCCCCCCCCCCCCCCCC(O)(OC)C([SiH3])(OC)OC. The van der Waals surface area contributed by atoms with Crippen molar-refractivity contribution in [3.8, 4) is 0 Å². The second-order valence-electron chi connectivity index (χ2n) is 8.40. The zero-order valence-corrected chi connectivity index (χ0v) is 21.7. The molecular weight excluding hydrogens is 368 g/mol. The Kier molecular flexibility index (Phi) is 17.9. The molecule has 0 aromatic carbocycles.